The minimum absolute atomic E-state index is 0.0595. The van der Waals surface area contributed by atoms with Gasteiger partial charge in [0.15, 0.2) is 0 Å². The Labute approximate surface area is 129 Å². The van der Waals surface area contributed by atoms with Crippen molar-refractivity contribution < 1.29 is 31.9 Å². The summed E-state index contributed by atoms with van der Waals surface area (Å²) in [5.41, 5.74) is 0.410. The smallest absolute Gasteiger partial charge is 0.387 e. The summed E-state index contributed by atoms with van der Waals surface area (Å²) in [6, 6.07) is 4.34. The molecule has 0 unspecified atom stereocenters. The predicted octanol–water partition coefficient (Wildman–Crippen LogP) is 2.16. The van der Waals surface area contributed by atoms with E-state index >= 15 is 0 Å². The molecule has 0 saturated carbocycles. The van der Waals surface area contributed by atoms with E-state index in [1.165, 1.54) is 29.2 Å². The number of halogens is 4. The number of ether oxygens (including phenoxy) is 1. The molecule has 1 saturated heterocycles. The van der Waals surface area contributed by atoms with Crippen molar-refractivity contribution >= 4 is 17.5 Å². The summed E-state index contributed by atoms with van der Waals surface area (Å²) in [5.74, 6) is -2.07. The van der Waals surface area contributed by atoms with Crippen LogP contribution in [0.1, 0.15) is 12.8 Å². The summed E-state index contributed by atoms with van der Waals surface area (Å²) in [4.78, 5) is 24.6. The van der Waals surface area contributed by atoms with Gasteiger partial charge in [0.2, 0.25) is 5.91 Å². The molecule has 0 aliphatic carbocycles. The average molecular weight is 334 g/mol. The molecule has 1 heterocycles. The normalized spacial score (nSPS) is 18.4. The van der Waals surface area contributed by atoms with E-state index in [1.807, 2.05) is 5.32 Å². The van der Waals surface area contributed by atoms with Crippen LogP contribution >= 0.6 is 0 Å². The van der Waals surface area contributed by atoms with Gasteiger partial charge in [-0.2, -0.15) is 17.6 Å². The van der Waals surface area contributed by atoms with Crippen molar-refractivity contribution in [2.24, 2.45) is 0 Å². The van der Waals surface area contributed by atoms with Crippen LogP contribution in [0.4, 0.5) is 23.2 Å². The number of hydrogen-bond donors (Lipinski definition) is 1. The molecule has 1 N–H and O–H groups in total. The molecular formula is C14H14F4N2O3. The second kappa shape index (κ2) is 7.30. The number of hydrogen-bond acceptors (Lipinski definition) is 3. The molecule has 1 aromatic carbocycles. The van der Waals surface area contributed by atoms with Crippen molar-refractivity contribution in [2.45, 2.75) is 31.9 Å². The minimum atomic E-state index is -3.19. The number of rotatable bonds is 5. The van der Waals surface area contributed by atoms with E-state index in [0.29, 0.717) is 18.7 Å². The Morgan fingerprint density at radius 3 is 2.43 bits per heavy atom. The fourth-order valence-electron chi connectivity index (χ4n) is 2.31. The first-order valence-corrected chi connectivity index (χ1v) is 6.83. The third kappa shape index (κ3) is 4.33. The predicted molar refractivity (Wildman–Crippen MR) is 72.6 cm³/mol. The lowest BCUT2D eigenvalue weighted by Crippen LogP contribution is -2.53. The largest absolute Gasteiger partial charge is 0.435 e. The van der Waals surface area contributed by atoms with Gasteiger partial charge in [-0.05, 0) is 37.1 Å². The van der Waals surface area contributed by atoms with Crippen LogP contribution in [0, 0.1) is 0 Å². The first kappa shape index (κ1) is 17.0. The van der Waals surface area contributed by atoms with Crippen LogP contribution in [0.15, 0.2) is 24.3 Å². The maximum Gasteiger partial charge on any atom is 0.387 e. The van der Waals surface area contributed by atoms with E-state index < -0.39 is 30.9 Å². The van der Waals surface area contributed by atoms with E-state index in [1.54, 1.807) is 0 Å². The highest BCUT2D eigenvalue weighted by atomic mass is 19.3. The molecule has 5 nitrogen and oxygen atoms in total. The molecule has 0 aromatic heterocycles. The van der Waals surface area contributed by atoms with Gasteiger partial charge in [0, 0.05) is 12.2 Å². The number of nitrogens with one attached hydrogen (secondary N) is 1. The van der Waals surface area contributed by atoms with Crippen molar-refractivity contribution in [3.05, 3.63) is 24.3 Å². The number of piperidine rings is 1. The van der Waals surface area contributed by atoms with Crippen molar-refractivity contribution in [1.29, 1.82) is 0 Å². The van der Waals surface area contributed by atoms with Crippen LogP contribution in [0.3, 0.4) is 0 Å². The molecule has 2 rings (SSSR count). The molecule has 2 amide bonds. The highest BCUT2D eigenvalue weighted by Gasteiger charge is 2.32. The number of alkyl halides is 4. The fourth-order valence-corrected chi connectivity index (χ4v) is 2.31. The molecule has 0 bridgehead atoms. The standard InChI is InChI=1S/C14H14F4N2O3/c15-11(16)12(21)19-10-2-1-7-20(13(10)22)8-3-5-9(6-4-8)23-14(17)18/h3-6,10-11,14H,1-2,7H2,(H,19,21)/t10-/m0/s1. The number of anilines is 1. The molecule has 1 aromatic rings. The SMILES string of the molecule is O=C(N[C@H]1CCCN(c2ccc(OC(F)F)cc2)C1=O)C(F)F. The Morgan fingerprint density at radius 2 is 1.87 bits per heavy atom. The van der Waals surface area contributed by atoms with Gasteiger partial charge in [-0.3, -0.25) is 9.59 Å². The molecule has 1 fully saturated rings. The fraction of sp³-hybridized carbons (Fsp3) is 0.429. The zero-order chi connectivity index (χ0) is 17.0. The Hall–Kier alpha value is -2.32. The average Bonchev–Trinajstić information content (AvgIpc) is 2.49. The molecule has 23 heavy (non-hydrogen) atoms. The lowest BCUT2D eigenvalue weighted by molar-refractivity contribution is -0.135. The lowest BCUT2D eigenvalue weighted by Gasteiger charge is -2.32. The van der Waals surface area contributed by atoms with Crippen LogP contribution in [0.2, 0.25) is 0 Å². The maximum atomic E-state index is 12.3. The highest BCUT2D eigenvalue weighted by molar-refractivity contribution is 6.00. The van der Waals surface area contributed by atoms with E-state index in [9.17, 15) is 27.2 Å². The highest BCUT2D eigenvalue weighted by Crippen LogP contribution is 2.24. The van der Waals surface area contributed by atoms with Crippen molar-refractivity contribution in [2.75, 3.05) is 11.4 Å². The van der Waals surface area contributed by atoms with Gasteiger partial charge in [0.25, 0.3) is 5.91 Å². The Balaban J connectivity index is 2.07. The molecule has 0 radical (unpaired) electrons. The topological polar surface area (TPSA) is 58.6 Å². The quantitative estimate of drug-likeness (QED) is 0.840. The molecule has 0 spiro atoms. The summed E-state index contributed by atoms with van der Waals surface area (Å²) in [5, 5.41) is 2.00. The van der Waals surface area contributed by atoms with Gasteiger partial charge < -0.3 is 15.0 Å². The zero-order valence-electron chi connectivity index (χ0n) is 11.8. The molecule has 9 heteroatoms. The van der Waals surface area contributed by atoms with Crippen LogP contribution in [0.5, 0.6) is 5.75 Å². The minimum Gasteiger partial charge on any atom is -0.435 e. The first-order valence-electron chi connectivity index (χ1n) is 6.83. The van der Waals surface area contributed by atoms with Crippen molar-refractivity contribution in [3.63, 3.8) is 0 Å². The third-order valence-corrected chi connectivity index (χ3v) is 3.33. The van der Waals surface area contributed by atoms with Crippen molar-refractivity contribution in [1.82, 2.24) is 5.32 Å². The zero-order valence-corrected chi connectivity index (χ0v) is 11.8. The second-order valence-corrected chi connectivity index (χ2v) is 4.87. The monoisotopic (exact) mass is 334 g/mol. The van der Waals surface area contributed by atoms with E-state index in [4.69, 9.17) is 0 Å². The van der Waals surface area contributed by atoms with E-state index in [-0.39, 0.29) is 12.2 Å². The maximum absolute atomic E-state index is 12.3. The molecule has 126 valence electrons. The van der Waals surface area contributed by atoms with Gasteiger partial charge in [-0.15, -0.1) is 0 Å². The first-order chi connectivity index (χ1) is 10.9. The molecular weight excluding hydrogens is 320 g/mol. The Bertz CT molecular complexity index is 566. The Kier molecular flexibility index (Phi) is 5.41. The van der Waals surface area contributed by atoms with Crippen LogP contribution in [-0.4, -0.2) is 37.4 Å². The molecule has 1 atom stereocenters. The summed E-state index contributed by atoms with van der Waals surface area (Å²) in [6.07, 6.45) is -2.42. The summed E-state index contributed by atoms with van der Waals surface area (Å²) >= 11 is 0. The second-order valence-electron chi connectivity index (χ2n) is 4.87. The summed E-state index contributed by atoms with van der Waals surface area (Å²) in [6.45, 7) is -2.61. The lowest BCUT2D eigenvalue weighted by atomic mass is 10.0. The van der Waals surface area contributed by atoms with Crippen LogP contribution in [0.25, 0.3) is 0 Å². The number of amides is 2. The summed E-state index contributed by atoms with van der Waals surface area (Å²) < 4.78 is 52.9. The van der Waals surface area contributed by atoms with E-state index in [0.717, 1.165) is 0 Å². The van der Waals surface area contributed by atoms with Crippen LogP contribution in [-0.2, 0) is 9.59 Å². The third-order valence-electron chi connectivity index (χ3n) is 3.33. The number of carbonyl (C=O) groups excluding carboxylic acids is 2. The van der Waals surface area contributed by atoms with Gasteiger partial charge >= 0.3 is 13.0 Å². The number of nitrogens with zero attached hydrogens (tertiary/aromatic N) is 1. The molecule has 1 aliphatic rings. The van der Waals surface area contributed by atoms with Crippen LogP contribution < -0.4 is 15.0 Å². The number of carbonyl (C=O) groups is 2. The van der Waals surface area contributed by atoms with E-state index in [2.05, 4.69) is 4.74 Å². The van der Waals surface area contributed by atoms with Gasteiger partial charge in [0.1, 0.15) is 11.8 Å². The van der Waals surface area contributed by atoms with Gasteiger partial charge in [-0.25, -0.2) is 0 Å². The summed E-state index contributed by atoms with van der Waals surface area (Å²) in [7, 11) is 0. The van der Waals surface area contributed by atoms with Crippen molar-refractivity contribution in [3.8, 4) is 5.75 Å². The number of benzene rings is 1. The Morgan fingerprint density at radius 1 is 1.22 bits per heavy atom. The van der Waals surface area contributed by atoms with Gasteiger partial charge in [0.05, 0.1) is 0 Å². The van der Waals surface area contributed by atoms with Gasteiger partial charge in [-0.1, -0.05) is 0 Å². The molecule has 1 aliphatic heterocycles.